The van der Waals surface area contributed by atoms with E-state index in [1.165, 1.54) is 18.4 Å². The fraction of sp³-hybridized carbons (Fsp3) is 0.714. The first-order valence-electron chi connectivity index (χ1n) is 7.19. The summed E-state index contributed by atoms with van der Waals surface area (Å²) < 4.78 is 0. The summed E-state index contributed by atoms with van der Waals surface area (Å²) in [4.78, 5) is 25.4. The van der Waals surface area contributed by atoms with E-state index in [9.17, 15) is 9.59 Å². The largest absolute Gasteiger partial charge is 0.347 e. The molecule has 0 saturated carbocycles. The normalized spacial score (nSPS) is 19.8. The number of carbonyl (C=O) groups is 2. The first-order valence-corrected chi connectivity index (χ1v) is 7.19. The van der Waals surface area contributed by atoms with Crippen LogP contribution in [0.5, 0.6) is 0 Å². The molecule has 19 heavy (non-hydrogen) atoms. The number of rotatable bonds is 4. The van der Waals surface area contributed by atoms with Gasteiger partial charge >= 0.3 is 0 Å². The molecule has 2 rings (SSSR count). The Labute approximate surface area is 114 Å². The van der Waals surface area contributed by atoms with Crippen molar-refractivity contribution < 1.29 is 9.59 Å². The third-order valence-corrected chi connectivity index (χ3v) is 3.68. The number of hydrogen-bond acceptors (Lipinski definition) is 3. The Kier molecular flexibility index (Phi) is 5.39. The predicted octanol–water partition coefficient (Wildman–Crippen LogP) is 0.425. The highest BCUT2D eigenvalue weighted by Crippen LogP contribution is 2.19. The van der Waals surface area contributed by atoms with Gasteiger partial charge in [0.15, 0.2) is 0 Å². The molecule has 1 aliphatic carbocycles. The summed E-state index contributed by atoms with van der Waals surface area (Å²) in [6, 6.07) is 0. The number of nitrogens with one attached hydrogen (secondary N) is 2. The van der Waals surface area contributed by atoms with Crippen LogP contribution in [0, 0.1) is 0 Å². The van der Waals surface area contributed by atoms with Crippen molar-refractivity contribution in [3.63, 3.8) is 0 Å². The third kappa shape index (κ3) is 4.67. The van der Waals surface area contributed by atoms with Crippen molar-refractivity contribution in [2.24, 2.45) is 0 Å². The van der Waals surface area contributed by atoms with Crippen LogP contribution >= 0.6 is 0 Å². The van der Waals surface area contributed by atoms with Crippen LogP contribution in [0.15, 0.2) is 11.6 Å². The van der Waals surface area contributed by atoms with E-state index in [0.29, 0.717) is 6.42 Å². The summed E-state index contributed by atoms with van der Waals surface area (Å²) in [5.74, 6) is -0.0101. The van der Waals surface area contributed by atoms with Crippen molar-refractivity contribution in [3.8, 4) is 0 Å². The summed E-state index contributed by atoms with van der Waals surface area (Å²) in [6.45, 7) is 3.28. The highest BCUT2D eigenvalue weighted by Gasteiger charge is 2.17. The molecule has 1 aliphatic heterocycles. The van der Waals surface area contributed by atoms with Gasteiger partial charge in [0.25, 0.3) is 0 Å². The molecule has 2 amide bonds. The maximum Gasteiger partial charge on any atom is 0.242 e. The maximum atomic E-state index is 11.9. The zero-order valence-corrected chi connectivity index (χ0v) is 11.4. The van der Waals surface area contributed by atoms with Crippen LogP contribution in [0.25, 0.3) is 0 Å². The average molecular weight is 265 g/mol. The molecule has 0 bridgehead atoms. The molecule has 0 aromatic carbocycles. The highest BCUT2D eigenvalue weighted by atomic mass is 16.2. The van der Waals surface area contributed by atoms with Crippen LogP contribution in [0.3, 0.4) is 0 Å². The molecular formula is C14H23N3O2. The summed E-state index contributed by atoms with van der Waals surface area (Å²) in [7, 11) is 0. The lowest BCUT2D eigenvalue weighted by molar-refractivity contribution is -0.133. The van der Waals surface area contributed by atoms with Crippen LogP contribution in [-0.4, -0.2) is 49.4 Å². The molecule has 0 aromatic rings. The number of nitrogens with zero attached hydrogens (tertiary/aromatic N) is 1. The molecule has 1 saturated heterocycles. The van der Waals surface area contributed by atoms with E-state index < -0.39 is 0 Å². The molecule has 0 aromatic heterocycles. The van der Waals surface area contributed by atoms with Gasteiger partial charge in [0.2, 0.25) is 11.8 Å². The van der Waals surface area contributed by atoms with E-state index in [0.717, 1.165) is 39.0 Å². The van der Waals surface area contributed by atoms with Gasteiger partial charge in [-0.25, -0.2) is 0 Å². The number of allylic oxidation sites excluding steroid dienone is 1. The van der Waals surface area contributed by atoms with E-state index in [2.05, 4.69) is 16.7 Å². The minimum atomic E-state index is -0.0309. The third-order valence-electron chi connectivity index (χ3n) is 3.68. The predicted molar refractivity (Wildman–Crippen MR) is 73.6 cm³/mol. The van der Waals surface area contributed by atoms with Gasteiger partial charge in [0, 0.05) is 32.6 Å². The first kappa shape index (κ1) is 14.1. The van der Waals surface area contributed by atoms with Gasteiger partial charge in [-0.1, -0.05) is 11.6 Å². The second-order valence-corrected chi connectivity index (χ2v) is 5.19. The number of piperazine rings is 1. The molecule has 0 spiro atoms. The van der Waals surface area contributed by atoms with E-state index in [4.69, 9.17) is 0 Å². The average Bonchev–Trinajstić information content (AvgIpc) is 2.47. The lowest BCUT2D eigenvalue weighted by Crippen LogP contribution is -2.49. The molecule has 106 valence electrons. The number of hydrogen-bond donors (Lipinski definition) is 2. The van der Waals surface area contributed by atoms with Crippen molar-refractivity contribution in [2.75, 3.05) is 32.7 Å². The van der Waals surface area contributed by atoms with Crippen LogP contribution in [0.2, 0.25) is 0 Å². The Morgan fingerprint density at radius 2 is 2.05 bits per heavy atom. The quantitative estimate of drug-likeness (QED) is 0.724. The standard InChI is InChI=1S/C14H23N3O2/c18-13(10-12-4-2-1-3-5-12)16-11-14(19)17-8-6-15-7-9-17/h4,15H,1-3,5-11H2,(H,16,18). The maximum absolute atomic E-state index is 11.9. The van der Waals surface area contributed by atoms with Gasteiger partial charge in [0.05, 0.1) is 6.54 Å². The van der Waals surface area contributed by atoms with Crippen molar-refractivity contribution in [1.82, 2.24) is 15.5 Å². The molecule has 0 unspecified atom stereocenters. The van der Waals surface area contributed by atoms with Gasteiger partial charge in [-0.3, -0.25) is 9.59 Å². The topological polar surface area (TPSA) is 61.4 Å². The van der Waals surface area contributed by atoms with Crippen molar-refractivity contribution in [1.29, 1.82) is 0 Å². The fourth-order valence-corrected chi connectivity index (χ4v) is 2.53. The summed E-state index contributed by atoms with van der Waals surface area (Å²) in [5, 5.41) is 5.94. The Balaban J connectivity index is 1.67. The van der Waals surface area contributed by atoms with Gasteiger partial charge in [-0.2, -0.15) is 0 Å². The van der Waals surface area contributed by atoms with Crippen molar-refractivity contribution >= 4 is 11.8 Å². The van der Waals surface area contributed by atoms with E-state index in [1.807, 2.05) is 0 Å². The zero-order chi connectivity index (χ0) is 13.5. The van der Waals surface area contributed by atoms with Gasteiger partial charge in [-0.15, -0.1) is 0 Å². The monoisotopic (exact) mass is 265 g/mol. The summed E-state index contributed by atoms with van der Waals surface area (Å²) in [6.07, 6.45) is 7.14. The first-order chi connectivity index (χ1) is 9.25. The van der Waals surface area contributed by atoms with E-state index in [1.54, 1.807) is 4.90 Å². The molecule has 0 radical (unpaired) electrons. The fourth-order valence-electron chi connectivity index (χ4n) is 2.53. The van der Waals surface area contributed by atoms with E-state index in [-0.39, 0.29) is 18.4 Å². The lowest BCUT2D eigenvalue weighted by atomic mass is 9.97. The van der Waals surface area contributed by atoms with Gasteiger partial charge < -0.3 is 15.5 Å². The molecule has 1 fully saturated rings. The smallest absolute Gasteiger partial charge is 0.242 e. The molecule has 0 atom stereocenters. The van der Waals surface area contributed by atoms with E-state index >= 15 is 0 Å². The Hall–Kier alpha value is -1.36. The highest BCUT2D eigenvalue weighted by molar-refractivity contribution is 5.85. The molecule has 1 heterocycles. The molecule has 2 N–H and O–H groups in total. The SMILES string of the molecule is O=C(CC1=CCCCC1)NCC(=O)N1CCNCC1. The lowest BCUT2D eigenvalue weighted by Gasteiger charge is -2.27. The Morgan fingerprint density at radius 3 is 2.74 bits per heavy atom. The Bertz CT molecular complexity index is 360. The zero-order valence-electron chi connectivity index (χ0n) is 11.4. The van der Waals surface area contributed by atoms with Crippen LogP contribution in [0.4, 0.5) is 0 Å². The van der Waals surface area contributed by atoms with Crippen molar-refractivity contribution in [3.05, 3.63) is 11.6 Å². The number of carbonyl (C=O) groups excluding carboxylic acids is 2. The molecule has 2 aliphatic rings. The molecule has 5 nitrogen and oxygen atoms in total. The van der Waals surface area contributed by atoms with Gasteiger partial charge in [0.1, 0.15) is 0 Å². The summed E-state index contributed by atoms with van der Waals surface area (Å²) in [5.41, 5.74) is 1.22. The summed E-state index contributed by atoms with van der Waals surface area (Å²) >= 11 is 0. The van der Waals surface area contributed by atoms with Crippen LogP contribution in [-0.2, 0) is 9.59 Å². The van der Waals surface area contributed by atoms with Gasteiger partial charge in [-0.05, 0) is 25.7 Å². The molecular weight excluding hydrogens is 242 g/mol. The Morgan fingerprint density at radius 1 is 1.26 bits per heavy atom. The minimum absolute atomic E-state index is 0.0208. The van der Waals surface area contributed by atoms with Crippen LogP contribution < -0.4 is 10.6 Å². The second-order valence-electron chi connectivity index (χ2n) is 5.19. The minimum Gasteiger partial charge on any atom is -0.347 e. The van der Waals surface area contributed by atoms with Crippen LogP contribution in [0.1, 0.15) is 32.1 Å². The number of amides is 2. The van der Waals surface area contributed by atoms with Crippen molar-refractivity contribution in [2.45, 2.75) is 32.1 Å². The second kappa shape index (κ2) is 7.28. The molecule has 5 heteroatoms.